The molecule has 0 unspecified atom stereocenters. The monoisotopic (exact) mass is 982 g/mol. The Bertz CT molecular complexity index is 3130. The first-order chi connectivity index (χ1) is 29.7. The van der Waals surface area contributed by atoms with Gasteiger partial charge < -0.3 is 4.57 Å². The smallest absolute Gasteiger partial charge is 0.145 e. The number of anilines is 3. The Labute approximate surface area is 371 Å². The van der Waals surface area contributed by atoms with Crippen LogP contribution in [0.3, 0.4) is 0 Å². The van der Waals surface area contributed by atoms with E-state index in [0.29, 0.717) is 0 Å². The molecule has 0 saturated heterocycles. The number of aromatic nitrogens is 2. The van der Waals surface area contributed by atoms with Crippen LogP contribution in [0.15, 0.2) is 212 Å². The molecule has 10 aromatic rings. The van der Waals surface area contributed by atoms with E-state index < -0.39 is 8.07 Å². The van der Waals surface area contributed by atoms with Gasteiger partial charge in [-0.15, -0.1) is 21.6 Å². The third kappa shape index (κ3) is 6.43. The molecule has 296 valence electrons. The van der Waals surface area contributed by atoms with Crippen LogP contribution in [-0.4, -0.2) is 29.6 Å². The summed E-state index contributed by atoms with van der Waals surface area (Å²) in [5.74, 6) is 0.841. The van der Waals surface area contributed by atoms with E-state index in [1.807, 2.05) is 23.4 Å². The van der Waals surface area contributed by atoms with Crippen LogP contribution in [-0.2, 0) is 21.1 Å². The van der Waals surface area contributed by atoms with Crippen LogP contribution in [0, 0.1) is 12.1 Å². The quantitative estimate of drug-likeness (QED) is 0.0659. The second kappa shape index (κ2) is 16.0. The van der Waals surface area contributed by atoms with E-state index in [9.17, 15) is 0 Å². The molecule has 0 aliphatic carbocycles. The third-order valence-electron chi connectivity index (χ3n) is 11.8. The van der Waals surface area contributed by atoms with Gasteiger partial charge in [-0.05, 0) is 68.3 Å². The average molecular weight is 983 g/mol. The maximum Gasteiger partial charge on any atom is 0.145 e. The summed E-state index contributed by atoms with van der Waals surface area (Å²) in [5, 5.41) is 11.0. The van der Waals surface area contributed by atoms with Gasteiger partial charge in [-0.3, -0.25) is 0 Å². The molecule has 0 spiro atoms. The normalized spacial score (nSPS) is 12.4. The first-order valence-corrected chi connectivity index (χ1v) is 22.2. The standard InChI is InChI=1S/C54H38N4OSi.Pt/c1-56-51-30-15-16-31-52(51)58(59-56)41-20-17-25-44(37-41)60(42-21-7-3-8-22-42,43-23-9-4-10-24-43)45-32-33-49-48-28-13-14-29-50(48)57(53(49)38-45)54-36-40(34-35-55-54)47-27-12-11-26-46(47)39-18-5-2-6-19-39;/h2-36H,1H3;/q-2;/p+1. The van der Waals surface area contributed by atoms with E-state index in [-0.39, 0.29) is 21.1 Å². The molecule has 0 saturated carbocycles. The van der Waals surface area contributed by atoms with Crippen molar-refractivity contribution in [2.45, 2.75) is 0 Å². The average Bonchev–Trinajstić information content (AvgIpc) is 3.84. The molecule has 1 aliphatic rings. The minimum Gasteiger partial charge on any atom is -0.319 e. The number of pyridine rings is 1. The predicted molar refractivity (Wildman–Crippen MR) is 250 cm³/mol. The molecule has 5 nitrogen and oxygen atoms in total. The van der Waals surface area contributed by atoms with Crippen LogP contribution in [0.5, 0.6) is 0 Å². The molecule has 0 atom stereocenters. The van der Waals surface area contributed by atoms with Crippen molar-refractivity contribution in [2.24, 2.45) is 0 Å². The van der Waals surface area contributed by atoms with Gasteiger partial charge in [0.1, 0.15) is 25.3 Å². The second-order valence-corrected chi connectivity index (χ2v) is 18.9. The maximum atomic E-state index is 5.08. The first-order valence-electron chi connectivity index (χ1n) is 20.2. The summed E-state index contributed by atoms with van der Waals surface area (Å²) in [5.41, 5.74) is 9.66. The van der Waals surface area contributed by atoms with Gasteiger partial charge in [0.15, 0.2) is 0 Å². The first kappa shape index (κ1) is 38.4. The van der Waals surface area contributed by atoms with Gasteiger partial charge in [0.2, 0.25) is 0 Å². The summed E-state index contributed by atoms with van der Waals surface area (Å²) in [4.78, 5) is 10.0. The molecule has 3 heterocycles. The number of rotatable bonds is 8. The molecule has 61 heavy (non-hydrogen) atoms. The Morgan fingerprint density at radius 3 is 1.85 bits per heavy atom. The van der Waals surface area contributed by atoms with E-state index >= 15 is 0 Å². The number of hydrogen-bond donors (Lipinski definition) is 0. The molecule has 1 aliphatic heterocycles. The topological polar surface area (TPSA) is 37.1 Å². The van der Waals surface area contributed by atoms with E-state index in [4.69, 9.17) is 9.92 Å². The van der Waals surface area contributed by atoms with Gasteiger partial charge in [0.05, 0.1) is 7.05 Å². The number of fused-ring (bicyclic) bond motifs is 4. The summed E-state index contributed by atoms with van der Waals surface area (Å²) < 4.78 is 2.30. The van der Waals surface area contributed by atoms with Crippen molar-refractivity contribution in [3.8, 4) is 28.1 Å². The number of hydroxylamine groups is 1. The Hall–Kier alpha value is -6.82. The van der Waals surface area contributed by atoms with Crippen LogP contribution < -0.4 is 30.9 Å². The van der Waals surface area contributed by atoms with Crippen LogP contribution in [0.1, 0.15) is 0 Å². The van der Waals surface area contributed by atoms with Crippen molar-refractivity contribution in [3.63, 3.8) is 0 Å². The Kier molecular flexibility index (Phi) is 10.1. The fourth-order valence-corrected chi connectivity index (χ4v) is 13.6. The number of nitrogens with zero attached hydrogens (tertiary/aromatic N) is 4. The number of hydrogen-bond acceptors (Lipinski definition) is 3. The van der Waals surface area contributed by atoms with Gasteiger partial charge in [-0.25, -0.2) is 4.98 Å². The summed E-state index contributed by atoms with van der Waals surface area (Å²) in [6, 6.07) is 81.7. The number of para-hydroxylation sites is 3. The molecule has 2 aromatic heterocycles. The second-order valence-electron chi connectivity index (χ2n) is 15.1. The molecule has 1 N–H and O–H groups in total. The van der Waals surface area contributed by atoms with Crippen LogP contribution in [0.2, 0.25) is 0 Å². The molecule has 11 rings (SSSR count). The molecule has 0 fully saturated rings. The summed E-state index contributed by atoms with van der Waals surface area (Å²) >= 11 is 0. The van der Waals surface area contributed by atoms with Crippen molar-refractivity contribution in [1.29, 1.82) is 0 Å². The van der Waals surface area contributed by atoms with Crippen molar-refractivity contribution < 1.29 is 26.0 Å². The molecule has 0 bridgehead atoms. The van der Waals surface area contributed by atoms with E-state index in [2.05, 4.69) is 223 Å². The zero-order valence-electron chi connectivity index (χ0n) is 33.3. The minimum atomic E-state index is -3.12. The van der Waals surface area contributed by atoms with E-state index in [0.717, 1.165) is 66.2 Å². The van der Waals surface area contributed by atoms with Crippen LogP contribution in [0.25, 0.3) is 49.9 Å². The Morgan fingerprint density at radius 2 is 1.11 bits per heavy atom. The summed E-state index contributed by atoms with van der Waals surface area (Å²) in [6.07, 6.45) is 1.93. The maximum absolute atomic E-state index is 5.08. The van der Waals surface area contributed by atoms with Gasteiger partial charge >= 0.3 is 0 Å². The summed E-state index contributed by atoms with van der Waals surface area (Å²) in [7, 11) is -1.12. The van der Waals surface area contributed by atoms with Gasteiger partial charge in [-0.2, -0.15) is 51.7 Å². The van der Waals surface area contributed by atoms with Gasteiger partial charge in [0, 0.05) is 38.5 Å². The van der Waals surface area contributed by atoms with E-state index in [1.54, 1.807) is 0 Å². The van der Waals surface area contributed by atoms with E-state index in [1.165, 1.54) is 21.5 Å². The van der Waals surface area contributed by atoms with Crippen molar-refractivity contribution in [2.75, 3.05) is 17.2 Å². The van der Waals surface area contributed by atoms with Gasteiger partial charge in [-0.1, -0.05) is 151 Å². The van der Waals surface area contributed by atoms with Crippen LogP contribution in [0.4, 0.5) is 17.1 Å². The van der Waals surface area contributed by atoms with Crippen molar-refractivity contribution >= 4 is 67.7 Å². The number of benzene rings is 8. The van der Waals surface area contributed by atoms with Gasteiger partial charge in [0.25, 0.3) is 0 Å². The zero-order valence-corrected chi connectivity index (χ0v) is 36.5. The Balaban J connectivity index is 0.00000445. The molecule has 7 heteroatoms. The zero-order chi connectivity index (χ0) is 40.0. The van der Waals surface area contributed by atoms with Crippen molar-refractivity contribution in [1.82, 2.24) is 9.55 Å². The predicted octanol–water partition coefficient (Wildman–Crippen LogP) is 9.92. The molecular formula is C54H39N4OPtSi-. The molecule has 0 radical (unpaired) electrons. The molecule has 8 aromatic carbocycles. The largest absolute Gasteiger partial charge is 0.319 e. The third-order valence-corrected chi connectivity index (χ3v) is 16.4. The van der Waals surface area contributed by atoms with Crippen molar-refractivity contribution in [3.05, 3.63) is 225 Å². The molecular weight excluding hydrogens is 944 g/mol. The molecule has 0 amide bonds. The minimum absolute atomic E-state index is 0. The Morgan fingerprint density at radius 1 is 0.508 bits per heavy atom. The van der Waals surface area contributed by atoms with Crippen LogP contribution >= 0.6 is 0 Å². The SMILES string of the molecule is CN1[OH+]N(c2[c-]c([Si](c3[c-]c4c(cc3)c3ccccc3n4-c3cc(-c4ccccc4-c4ccccc4)ccn3)(c3ccccc3)c3ccccc3)ccc2)c2ccccc21.[Pt]. The summed E-state index contributed by atoms with van der Waals surface area (Å²) in [6.45, 7) is 0. The fraction of sp³-hybridized carbons (Fsp3) is 0.0185. The fourth-order valence-electron chi connectivity index (χ4n) is 9.10.